The van der Waals surface area contributed by atoms with Gasteiger partial charge in [0, 0.05) is 6.54 Å². The lowest BCUT2D eigenvalue weighted by atomic mass is 10.2. The fourth-order valence-electron chi connectivity index (χ4n) is 0.862. The molecule has 0 aliphatic heterocycles. The highest BCUT2D eigenvalue weighted by Crippen LogP contribution is 2.35. The lowest BCUT2D eigenvalue weighted by Gasteiger charge is -1.98. The highest BCUT2D eigenvalue weighted by Gasteiger charge is 2.10. The van der Waals surface area contributed by atoms with Crippen molar-refractivity contribution in [2.45, 2.75) is 13.5 Å². The number of rotatable bonds is 2. The topological polar surface area (TPSA) is 12.0 Å². The Kier molecular flexibility index (Phi) is 3.19. The molecule has 0 saturated carbocycles. The van der Waals surface area contributed by atoms with Gasteiger partial charge in [0.15, 0.2) is 0 Å². The van der Waals surface area contributed by atoms with Crippen molar-refractivity contribution in [3.8, 4) is 0 Å². The Morgan fingerprint density at radius 1 is 1.36 bits per heavy atom. The van der Waals surface area contributed by atoms with Gasteiger partial charge >= 0.3 is 0 Å². The normalized spacial score (nSPS) is 10.5. The molecule has 62 valence electrons. The van der Waals surface area contributed by atoms with Gasteiger partial charge in [0.1, 0.15) is 0 Å². The Hall–Kier alpha value is 0.240. The van der Waals surface area contributed by atoms with Crippen LogP contribution in [0.15, 0.2) is 0 Å². The van der Waals surface area contributed by atoms with Crippen molar-refractivity contribution in [1.82, 2.24) is 5.32 Å². The SMILES string of the molecule is CNCc1c(Cl)sc(Cl)c1C. The Balaban J connectivity index is 3.02. The van der Waals surface area contributed by atoms with E-state index in [0.717, 1.165) is 26.3 Å². The van der Waals surface area contributed by atoms with Gasteiger partial charge in [-0.2, -0.15) is 0 Å². The lowest BCUT2D eigenvalue weighted by molar-refractivity contribution is 0.816. The van der Waals surface area contributed by atoms with Gasteiger partial charge in [-0.05, 0) is 25.1 Å². The fraction of sp³-hybridized carbons (Fsp3) is 0.429. The van der Waals surface area contributed by atoms with E-state index in [1.54, 1.807) is 0 Å². The molecule has 0 radical (unpaired) electrons. The molecule has 11 heavy (non-hydrogen) atoms. The van der Waals surface area contributed by atoms with Gasteiger partial charge in [0.25, 0.3) is 0 Å². The molecule has 1 aromatic rings. The minimum absolute atomic E-state index is 0.786. The third-order valence-corrected chi connectivity index (χ3v) is 3.40. The standard InChI is InChI=1S/C7H9Cl2NS/c1-4-5(3-10-2)7(9)11-6(4)8/h10H,3H2,1-2H3. The van der Waals surface area contributed by atoms with Crippen LogP contribution in [0.2, 0.25) is 8.67 Å². The fourth-order valence-corrected chi connectivity index (χ4v) is 2.55. The highest BCUT2D eigenvalue weighted by atomic mass is 35.5. The molecule has 1 N–H and O–H groups in total. The van der Waals surface area contributed by atoms with Crippen molar-refractivity contribution in [3.05, 3.63) is 19.8 Å². The molecule has 0 aliphatic rings. The molecule has 1 rings (SSSR count). The molecule has 0 aromatic carbocycles. The van der Waals surface area contributed by atoms with Crippen LogP contribution in [0.1, 0.15) is 11.1 Å². The molecule has 1 heterocycles. The molecule has 0 unspecified atom stereocenters. The smallest absolute Gasteiger partial charge is 0.0991 e. The van der Waals surface area contributed by atoms with Gasteiger partial charge in [-0.25, -0.2) is 0 Å². The van der Waals surface area contributed by atoms with Gasteiger partial charge in [-0.3, -0.25) is 0 Å². The molecule has 4 heteroatoms. The van der Waals surface area contributed by atoms with Crippen molar-refractivity contribution >= 4 is 34.5 Å². The summed E-state index contributed by atoms with van der Waals surface area (Å²) in [5, 5.41) is 3.04. The second-order valence-electron chi connectivity index (χ2n) is 2.28. The van der Waals surface area contributed by atoms with Crippen LogP contribution in [0.3, 0.4) is 0 Å². The van der Waals surface area contributed by atoms with Crippen LogP contribution >= 0.6 is 34.5 Å². The van der Waals surface area contributed by atoms with Crippen LogP contribution in [0.4, 0.5) is 0 Å². The molecule has 1 aromatic heterocycles. The lowest BCUT2D eigenvalue weighted by Crippen LogP contribution is -2.05. The summed E-state index contributed by atoms with van der Waals surface area (Å²) in [5.41, 5.74) is 2.21. The van der Waals surface area contributed by atoms with Crippen LogP contribution in [0.25, 0.3) is 0 Å². The zero-order valence-corrected chi connectivity index (χ0v) is 8.70. The van der Waals surface area contributed by atoms with Gasteiger partial charge < -0.3 is 5.32 Å². The van der Waals surface area contributed by atoms with Crippen molar-refractivity contribution in [2.24, 2.45) is 0 Å². The average Bonchev–Trinajstić information content (AvgIpc) is 2.17. The molecule has 0 aliphatic carbocycles. The third kappa shape index (κ3) is 1.88. The summed E-state index contributed by atoms with van der Waals surface area (Å²) in [4.78, 5) is 0. The predicted octanol–water partition coefficient (Wildman–Crippen LogP) is 3.08. The van der Waals surface area contributed by atoms with Crippen molar-refractivity contribution in [1.29, 1.82) is 0 Å². The molecule has 0 amide bonds. The third-order valence-electron chi connectivity index (χ3n) is 1.52. The summed E-state index contributed by atoms with van der Waals surface area (Å²) in [7, 11) is 1.89. The molecule has 0 spiro atoms. The van der Waals surface area contributed by atoms with Crippen molar-refractivity contribution < 1.29 is 0 Å². The molecule has 0 bridgehead atoms. The highest BCUT2D eigenvalue weighted by molar-refractivity contribution is 7.20. The summed E-state index contributed by atoms with van der Waals surface area (Å²) in [6, 6.07) is 0. The molecule has 0 saturated heterocycles. The van der Waals surface area contributed by atoms with E-state index in [-0.39, 0.29) is 0 Å². The van der Waals surface area contributed by atoms with E-state index >= 15 is 0 Å². The van der Waals surface area contributed by atoms with E-state index in [9.17, 15) is 0 Å². The van der Waals surface area contributed by atoms with E-state index in [1.807, 2.05) is 14.0 Å². The maximum Gasteiger partial charge on any atom is 0.0991 e. The summed E-state index contributed by atoms with van der Waals surface area (Å²) in [6.45, 7) is 2.77. The van der Waals surface area contributed by atoms with Crippen LogP contribution in [-0.2, 0) is 6.54 Å². The monoisotopic (exact) mass is 209 g/mol. The summed E-state index contributed by atoms with van der Waals surface area (Å²) in [6.07, 6.45) is 0. The Bertz CT molecular complexity index is 257. The number of thiophene rings is 1. The Morgan fingerprint density at radius 2 is 2.00 bits per heavy atom. The van der Waals surface area contributed by atoms with Crippen molar-refractivity contribution in [3.63, 3.8) is 0 Å². The number of hydrogen-bond donors (Lipinski definition) is 1. The Morgan fingerprint density at radius 3 is 2.36 bits per heavy atom. The van der Waals surface area contributed by atoms with Gasteiger partial charge in [0.2, 0.25) is 0 Å². The first-order chi connectivity index (χ1) is 5.16. The first-order valence-electron chi connectivity index (χ1n) is 3.24. The van der Waals surface area contributed by atoms with Crippen LogP contribution < -0.4 is 5.32 Å². The molecular weight excluding hydrogens is 201 g/mol. The minimum Gasteiger partial charge on any atom is -0.316 e. The summed E-state index contributed by atoms with van der Waals surface area (Å²) >= 11 is 13.2. The predicted molar refractivity (Wildman–Crippen MR) is 51.8 cm³/mol. The first kappa shape index (κ1) is 9.33. The van der Waals surface area contributed by atoms with Gasteiger partial charge in [-0.15, -0.1) is 11.3 Å². The van der Waals surface area contributed by atoms with Gasteiger partial charge in [-0.1, -0.05) is 23.2 Å². The molecule has 1 nitrogen and oxygen atoms in total. The van der Waals surface area contributed by atoms with E-state index in [2.05, 4.69) is 5.32 Å². The van der Waals surface area contributed by atoms with E-state index < -0.39 is 0 Å². The summed E-state index contributed by atoms with van der Waals surface area (Å²) < 4.78 is 1.59. The average molecular weight is 210 g/mol. The zero-order valence-electron chi connectivity index (χ0n) is 6.37. The minimum atomic E-state index is 0.786. The second-order valence-corrected chi connectivity index (χ2v) is 4.51. The zero-order chi connectivity index (χ0) is 8.43. The number of nitrogens with one attached hydrogen (secondary N) is 1. The quantitative estimate of drug-likeness (QED) is 0.790. The maximum atomic E-state index is 5.92. The summed E-state index contributed by atoms with van der Waals surface area (Å²) in [5.74, 6) is 0. The maximum absolute atomic E-state index is 5.92. The molecule has 0 atom stereocenters. The molecule has 0 fully saturated rings. The Labute approximate surface area is 80.3 Å². The first-order valence-corrected chi connectivity index (χ1v) is 4.82. The number of halogens is 2. The van der Waals surface area contributed by atoms with Gasteiger partial charge in [0.05, 0.1) is 8.67 Å². The largest absolute Gasteiger partial charge is 0.316 e. The molecular formula is C7H9Cl2NS. The second kappa shape index (κ2) is 3.76. The van der Waals surface area contributed by atoms with Crippen LogP contribution in [0.5, 0.6) is 0 Å². The van der Waals surface area contributed by atoms with E-state index in [0.29, 0.717) is 0 Å². The number of hydrogen-bond acceptors (Lipinski definition) is 2. The van der Waals surface area contributed by atoms with Crippen LogP contribution in [0, 0.1) is 6.92 Å². The van der Waals surface area contributed by atoms with Crippen molar-refractivity contribution in [2.75, 3.05) is 7.05 Å². The van der Waals surface area contributed by atoms with E-state index in [4.69, 9.17) is 23.2 Å². The van der Waals surface area contributed by atoms with E-state index in [1.165, 1.54) is 11.3 Å². The van der Waals surface area contributed by atoms with Crippen LogP contribution in [-0.4, -0.2) is 7.05 Å².